The zero-order valence-corrected chi connectivity index (χ0v) is 15.5. The topological polar surface area (TPSA) is 49.4 Å². The lowest BCUT2D eigenvalue weighted by Crippen LogP contribution is -2.38. The van der Waals surface area contributed by atoms with E-state index in [1.54, 1.807) is 17.0 Å². The molecule has 2 amide bonds. The molecule has 0 aliphatic heterocycles. The van der Waals surface area contributed by atoms with Gasteiger partial charge in [-0.05, 0) is 41.3 Å². The van der Waals surface area contributed by atoms with Crippen molar-refractivity contribution in [3.05, 3.63) is 65.5 Å². The Balaban J connectivity index is 1.89. The molecular formula is C21H25FN2O2. The lowest BCUT2D eigenvalue weighted by atomic mass is 10.0. The van der Waals surface area contributed by atoms with Crippen molar-refractivity contribution >= 4 is 17.5 Å². The maximum absolute atomic E-state index is 12.9. The number of benzene rings is 2. The number of nitrogens with zero attached hydrogens (tertiary/aromatic N) is 1. The third kappa shape index (κ3) is 5.69. The van der Waals surface area contributed by atoms with Crippen LogP contribution in [0.15, 0.2) is 48.5 Å². The molecule has 2 rings (SSSR count). The first kappa shape index (κ1) is 19.6. The van der Waals surface area contributed by atoms with Gasteiger partial charge in [-0.1, -0.05) is 38.1 Å². The molecule has 0 aliphatic rings. The van der Waals surface area contributed by atoms with Gasteiger partial charge in [0, 0.05) is 25.7 Å². The van der Waals surface area contributed by atoms with E-state index in [1.807, 2.05) is 24.3 Å². The first-order chi connectivity index (χ1) is 12.4. The Bertz CT molecular complexity index is 740. The predicted molar refractivity (Wildman–Crippen MR) is 102 cm³/mol. The van der Waals surface area contributed by atoms with Gasteiger partial charge in [0.2, 0.25) is 11.8 Å². The molecular weight excluding hydrogens is 331 g/mol. The molecule has 0 atom stereocenters. The molecule has 0 fully saturated rings. The molecule has 0 radical (unpaired) electrons. The molecule has 138 valence electrons. The molecule has 0 aromatic heterocycles. The summed E-state index contributed by atoms with van der Waals surface area (Å²) in [5.74, 6) is -0.124. The number of anilines is 1. The van der Waals surface area contributed by atoms with Crippen LogP contribution in [0.4, 0.5) is 10.1 Å². The second-order valence-corrected chi connectivity index (χ2v) is 6.57. The highest BCUT2D eigenvalue weighted by atomic mass is 19.1. The van der Waals surface area contributed by atoms with Crippen LogP contribution in [0.1, 0.15) is 37.8 Å². The van der Waals surface area contributed by atoms with Gasteiger partial charge in [-0.3, -0.25) is 9.59 Å². The van der Waals surface area contributed by atoms with Crippen molar-refractivity contribution in [3.8, 4) is 0 Å². The molecule has 5 heteroatoms. The van der Waals surface area contributed by atoms with Crippen LogP contribution < -0.4 is 10.2 Å². The molecule has 2 aromatic rings. The van der Waals surface area contributed by atoms with Gasteiger partial charge in [-0.2, -0.15) is 0 Å². The smallest absolute Gasteiger partial charge is 0.224 e. The number of nitrogens with one attached hydrogen (secondary N) is 1. The van der Waals surface area contributed by atoms with Gasteiger partial charge >= 0.3 is 0 Å². The first-order valence-electron chi connectivity index (χ1n) is 8.76. The van der Waals surface area contributed by atoms with E-state index in [4.69, 9.17) is 0 Å². The number of rotatable bonds is 7. The van der Waals surface area contributed by atoms with Crippen LogP contribution in [-0.4, -0.2) is 24.9 Å². The summed E-state index contributed by atoms with van der Waals surface area (Å²) in [7, 11) is 0. The molecule has 1 N–H and O–H groups in total. The second kappa shape index (κ2) is 9.13. The lowest BCUT2D eigenvalue weighted by molar-refractivity contribution is -0.121. The fraction of sp³-hybridized carbons (Fsp3) is 0.333. The van der Waals surface area contributed by atoms with E-state index in [2.05, 4.69) is 19.2 Å². The number of carbonyl (C=O) groups is 2. The average molecular weight is 356 g/mol. The third-order valence-corrected chi connectivity index (χ3v) is 4.19. The van der Waals surface area contributed by atoms with E-state index in [9.17, 15) is 14.0 Å². The Hall–Kier alpha value is -2.69. The van der Waals surface area contributed by atoms with E-state index in [0.29, 0.717) is 19.0 Å². The standard InChI is InChI=1S/C21H25FN2O2/c1-15(2)18-6-10-20(11-7-18)24(16(3)25)13-12-23-21(26)14-17-4-8-19(22)9-5-17/h4-11,15H,12-14H2,1-3H3,(H,23,26). The van der Waals surface area contributed by atoms with Gasteiger partial charge in [0.1, 0.15) is 5.82 Å². The summed E-state index contributed by atoms with van der Waals surface area (Å²) in [6.07, 6.45) is 0.184. The maximum Gasteiger partial charge on any atom is 0.224 e. The van der Waals surface area contributed by atoms with Crippen LogP contribution in [-0.2, 0) is 16.0 Å². The van der Waals surface area contributed by atoms with Crippen molar-refractivity contribution in [1.29, 1.82) is 0 Å². The van der Waals surface area contributed by atoms with Crippen LogP contribution >= 0.6 is 0 Å². The van der Waals surface area contributed by atoms with Gasteiger partial charge in [0.25, 0.3) is 0 Å². The van der Waals surface area contributed by atoms with Crippen LogP contribution in [0.25, 0.3) is 0 Å². The molecule has 2 aromatic carbocycles. The minimum Gasteiger partial charge on any atom is -0.354 e. The van der Waals surface area contributed by atoms with E-state index in [0.717, 1.165) is 11.3 Å². The normalized spacial score (nSPS) is 10.7. The summed E-state index contributed by atoms with van der Waals surface area (Å²) >= 11 is 0. The minimum atomic E-state index is -0.324. The highest BCUT2D eigenvalue weighted by molar-refractivity contribution is 5.91. The minimum absolute atomic E-state index is 0.0740. The Kier molecular flexibility index (Phi) is 6.89. The molecule has 0 bridgehead atoms. The maximum atomic E-state index is 12.9. The summed E-state index contributed by atoms with van der Waals surface area (Å²) in [5.41, 5.74) is 2.77. The molecule has 0 aliphatic carbocycles. The van der Waals surface area contributed by atoms with Crippen molar-refractivity contribution in [1.82, 2.24) is 5.32 Å². The summed E-state index contributed by atoms with van der Waals surface area (Å²) in [5, 5.41) is 2.80. The first-order valence-corrected chi connectivity index (χ1v) is 8.76. The second-order valence-electron chi connectivity index (χ2n) is 6.57. The van der Waals surface area contributed by atoms with Crippen molar-refractivity contribution in [2.75, 3.05) is 18.0 Å². The van der Waals surface area contributed by atoms with Crippen LogP contribution in [0.3, 0.4) is 0 Å². The van der Waals surface area contributed by atoms with E-state index in [-0.39, 0.29) is 24.1 Å². The molecule has 0 spiro atoms. The van der Waals surface area contributed by atoms with Crippen molar-refractivity contribution < 1.29 is 14.0 Å². The lowest BCUT2D eigenvalue weighted by Gasteiger charge is -2.22. The van der Waals surface area contributed by atoms with Gasteiger partial charge in [0.15, 0.2) is 0 Å². The molecule has 0 unspecified atom stereocenters. The van der Waals surface area contributed by atoms with Gasteiger partial charge in [-0.15, -0.1) is 0 Å². The van der Waals surface area contributed by atoms with Crippen molar-refractivity contribution in [3.63, 3.8) is 0 Å². The summed E-state index contributed by atoms with van der Waals surface area (Å²) in [6, 6.07) is 13.7. The number of amides is 2. The van der Waals surface area contributed by atoms with Gasteiger partial charge in [0.05, 0.1) is 6.42 Å². The van der Waals surface area contributed by atoms with E-state index < -0.39 is 0 Å². The summed E-state index contributed by atoms with van der Waals surface area (Å²) in [6.45, 7) is 6.50. The van der Waals surface area contributed by atoms with Crippen LogP contribution in [0.2, 0.25) is 0 Å². The van der Waals surface area contributed by atoms with Crippen molar-refractivity contribution in [2.24, 2.45) is 0 Å². The number of hydrogen-bond donors (Lipinski definition) is 1. The zero-order chi connectivity index (χ0) is 19.1. The quantitative estimate of drug-likeness (QED) is 0.823. The van der Waals surface area contributed by atoms with Crippen LogP contribution in [0, 0.1) is 5.82 Å². The summed E-state index contributed by atoms with van der Waals surface area (Å²) in [4.78, 5) is 25.6. The molecule has 0 saturated heterocycles. The van der Waals surface area contributed by atoms with Crippen molar-refractivity contribution in [2.45, 2.75) is 33.1 Å². The summed E-state index contributed by atoms with van der Waals surface area (Å²) < 4.78 is 12.9. The van der Waals surface area contributed by atoms with E-state index in [1.165, 1.54) is 24.6 Å². The Morgan fingerprint density at radius 1 is 1.04 bits per heavy atom. The van der Waals surface area contributed by atoms with Gasteiger partial charge < -0.3 is 10.2 Å². The van der Waals surface area contributed by atoms with E-state index >= 15 is 0 Å². The Labute approximate surface area is 154 Å². The highest BCUT2D eigenvalue weighted by Crippen LogP contribution is 2.20. The fourth-order valence-corrected chi connectivity index (χ4v) is 2.66. The highest BCUT2D eigenvalue weighted by Gasteiger charge is 2.12. The SMILES string of the molecule is CC(=O)N(CCNC(=O)Cc1ccc(F)cc1)c1ccc(C(C)C)cc1. The largest absolute Gasteiger partial charge is 0.354 e. The Morgan fingerprint density at radius 2 is 1.65 bits per heavy atom. The fourth-order valence-electron chi connectivity index (χ4n) is 2.66. The van der Waals surface area contributed by atoms with Crippen LogP contribution in [0.5, 0.6) is 0 Å². The molecule has 26 heavy (non-hydrogen) atoms. The molecule has 0 heterocycles. The third-order valence-electron chi connectivity index (χ3n) is 4.19. The zero-order valence-electron chi connectivity index (χ0n) is 15.5. The number of carbonyl (C=O) groups excluding carboxylic acids is 2. The predicted octanol–water partition coefficient (Wildman–Crippen LogP) is 3.66. The molecule has 0 saturated carbocycles. The average Bonchev–Trinajstić information content (AvgIpc) is 2.60. The number of halogens is 1. The van der Waals surface area contributed by atoms with Gasteiger partial charge in [-0.25, -0.2) is 4.39 Å². The monoisotopic (exact) mass is 356 g/mol. The Morgan fingerprint density at radius 3 is 2.19 bits per heavy atom. The molecule has 4 nitrogen and oxygen atoms in total. The number of hydrogen-bond acceptors (Lipinski definition) is 2.